The summed E-state index contributed by atoms with van der Waals surface area (Å²) in [5.74, 6) is 0.937. The van der Waals surface area contributed by atoms with Crippen molar-refractivity contribution in [3.05, 3.63) is 145 Å². The molecule has 0 bridgehead atoms. The fraction of sp³-hybridized carbons (Fsp3) is 0.0769. The third kappa shape index (κ3) is 4.87. The average molecular weight is 557 g/mol. The maximum Gasteiger partial charge on any atom is 0.142 e. The SMILES string of the molecule is Cc1ccccc1-c1cc(-c2ccccc2)cc(-c2ccccc2N(C)c2ccccc2-c2nc3ccccc3n2C)n1. The van der Waals surface area contributed by atoms with E-state index in [9.17, 15) is 0 Å². The minimum absolute atomic E-state index is 0.933. The molecule has 0 unspecified atom stereocenters. The first-order valence-corrected chi connectivity index (χ1v) is 14.6. The Bertz CT molecular complexity index is 2070. The smallest absolute Gasteiger partial charge is 0.142 e. The second-order valence-electron chi connectivity index (χ2n) is 10.9. The van der Waals surface area contributed by atoms with Gasteiger partial charge >= 0.3 is 0 Å². The summed E-state index contributed by atoms with van der Waals surface area (Å²) in [5, 5.41) is 0. The van der Waals surface area contributed by atoms with Crippen LogP contribution in [0.2, 0.25) is 0 Å². The second-order valence-corrected chi connectivity index (χ2v) is 10.9. The molecule has 4 nitrogen and oxygen atoms in total. The Balaban J connectivity index is 1.39. The van der Waals surface area contributed by atoms with Gasteiger partial charge in [0.2, 0.25) is 0 Å². The van der Waals surface area contributed by atoms with Crippen molar-refractivity contribution < 1.29 is 0 Å². The van der Waals surface area contributed by atoms with Crippen molar-refractivity contribution in [1.82, 2.24) is 14.5 Å². The van der Waals surface area contributed by atoms with Crippen LogP contribution in [0, 0.1) is 6.92 Å². The summed E-state index contributed by atoms with van der Waals surface area (Å²) in [4.78, 5) is 12.6. The van der Waals surface area contributed by atoms with E-state index in [1.54, 1.807) is 0 Å². The van der Waals surface area contributed by atoms with Gasteiger partial charge in [-0.25, -0.2) is 9.97 Å². The zero-order valence-corrected chi connectivity index (χ0v) is 24.6. The molecule has 5 aromatic carbocycles. The topological polar surface area (TPSA) is 34.0 Å². The normalized spacial score (nSPS) is 11.1. The summed E-state index contributed by atoms with van der Waals surface area (Å²) in [6, 6.07) is 48.7. The molecule has 2 aromatic heterocycles. The fourth-order valence-corrected chi connectivity index (χ4v) is 5.92. The van der Waals surface area contributed by atoms with Gasteiger partial charge in [0.25, 0.3) is 0 Å². The molecule has 0 amide bonds. The van der Waals surface area contributed by atoms with E-state index in [2.05, 4.69) is 164 Å². The van der Waals surface area contributed by atoms with Crippen molar-refractivity contribution in [2.45, 2.75) is 6.92 Å². The van der Waals surface area contributed by atoms with Crippen LogP contribution in [-0.2, 0) is 7.05 Å². The number of anilines is 2. The van der Waals surface area contributed by atoms with Crippen molar-refractivity contribution in [3.8, 4) is 45.0 Å². The lowest BCUT2D eigenvalue weighted by molar-refractivity contribution is 0.958. The number of aryl methyl sites for hydroxylation is 2. The lowest BCUT2D eigenvalue weighted by atomic mass is 9.97. The zero-order chi connectivity index (χ0) is 29.3. The number of fused-ring (bicyclic) bond motifs is 1. The van der Waals surface area contributed by atoms with Gasteiger partial charge in [-0.2, -0.15) is 0 Å². The predicted molar refractivity (Wildman–Crippen MR) is 179 cm³/mol. The van der Waals surface area contributed by atoms with Crippen LogP contribution in [0.4, 0.5) is 11.4 Å². The van der Waals surface area contributed by atoms with Gasteiger partial charge in [-0.15, -0.1) is 0 Å². The molecule has 0 aliphatic heterocycles. The van der Waals surface area contributed by atoms with E-state index in [-0.39, 0.29) is 0 Å². The van der Waals surface area contributed by atoms with Crippen molar-refractivity contribution >= 4 is 22.4 Å². The van der Waals surface area contributed by atoms with Crippen LogP contribution in [0.5, 0.6) is 0 Å². The second kappa shape index (κ2) is 11.1. The highest BCUT2D eigenvalue weighted by Gasteiger charge is 2.19. The average Bonchev–Trinajstić information content (AvgIpc) is 3.41. The van der Waals surface area contributed by atoms with Crippen molar-refractivity contribution in [2.75, 3.05) is 11.9 Å². The Hall–Kier alpha value is -5.48. The molecular weight excluding hydrogens is 524 g/mol. The van der Waals surface area contributed by atoms with Crippen LogP contribution in [-0.4, -0.2) is 21.6 Å². The van der Waals surface area contributed by atoms with Gasteiger partial charge in [0.15, 0.2) is 0 Å². The molecule has 0 radical (unpaired) electrons. The van der Waals surface area contributed by atoms with E-state index in [4.69, 9.17) is 9.97 Å². The number of para-hydroxylation sites is 4. The van der Waals surface area contributed by atoms with Gasteiger partial charge in [-0.3, -0.25) is 0 Å². The van der Waals surface area contributed by atoms with Crippen molar-refractivity contribution in [2.24, 2.45) is 7.05 Å². The van der Waals surface area contributed by atoms with Gasteiger partial charge in [0.05, 0.1) is 33.8 Å². The Labute approximate surface area is 252 Å². The monoisotopic (exact) mass is 556 g/mol. The largest absolute Gasteiger partial charge is 0.343 e. The summed E-state index contributed by atoms with van der Waals surface area (Å²) in [6.07, 6.45) is 0. The molecule has 0 N–H and O–H groups in total. The first-order chi connectivity index (χ1) is 21.1. The molecule has 43 heavy (non-hydrogen) atoms. The molecule has 0 saturated heterocycles. The summed E-state index contributed by atoms with van der Waals surface area (Å²) < 4.78 is 2.17. The van der Waals surface area contributed by atoms with E-state index < -0.39 is 0 Å². The molecule has 0 aliphatic carbocycles. The molecule has 0 saturated carbocycles. The number of aromatic nitrogens is 3. The Morgan fingerprint density at radius 1 is 0.535 bits per heavy atom. The summed E-state index contributed by atoms with van der Waals surface area (Å²) in [5.41, 5.74) is 12.9. The van der Waals surface area contributed by atoms with Crippen LogP contribution in [0.25, 0.3) is 56.1 Å². The van der Waals surface area contributed by atoms with Gasteiger partial charge in [-0.1, -0.05) is 97.1 Å². The Kier molecular flexibility index (Phi) is 6.80. The van der Waals surface area contributed by atoms with E-state index in [0.29, 0.717) is 0 Å². The maximum absolute atomic E-state index is 5.28. The standard InChI is InChI=1S/C39H32N4/c1-27-15-7-8-18-30(27)34-25-29(28-16-5-4-6-17-28)26-35(40-34)31-19-9-12-22-36(31)42(2)37-23-13-10-20-32(37)39-41-33-21-11-14-24-38(33)43(39)3/h4-26H,1-3H3. The number of nitrogens with zero attached hydrogens (tertiary/aromatic N) is 4. The molecule has 0 atom stereocenters. The van der Waals surface area contributed by atoms with Gasteiger partial charge < -0.3 is 9.47 Å². The maximum atomic E-state index is 5.28. The lowest BCUT2D eigenvalue weighted by Gasteiger charge is -2.25. The first kappa shape index (κ1) is 26.4. The molecule has 4 heteroatoms. The van der Waals surface area contributed by atoms with E-state index in [1.165, 1.54) is 11.1 Å². The molecular formula is C39H32N4. The highest BCUT2D eigenvalue weighted by Crippen LogP contribution is 2.40. The first-order valence-electron chi connectivity index (χ1n) is 14.6. The predicted octanol–water partition coefficient (Wildman–Crippen LogP) is 9.71. The Morgan fingerprint density at radius 3 is 1.81 bits per heavy atom. The third-order valence-corrected chi connectivity index (χ3v) is 8.19. The minimum atomic E-state index is 0.933. The number of rotatable bonds is 6. The van der Waals surface area contributed by atoms with Crippen LogP contribution in [0.1, 0.15) is 5.56 Å². The Morgan fingerprint density at radius 2 is 1.09 bits per heavy atom. The zero-order valence-electron chi connectivity index (χ0n) is 24.6. The van der Waals surface area contributed by atoms with Crippen LogP contribution in [0.3, 0.4) is 0 Å². The number of imidazole rings is 1. The van der Waals surface area contributed by atoms with Crippen LogP contribution in [0.15, 0.2) is 140 Å². The van der Waals surface area contributed by atoms with Gasteiger partial charge in [0, 0.05) is 30.8 Å². The molecule has 2 heterocycles. The molecule has 7 aromatic rings. The fourth-order valence-electron chi connectivity index (χ4n) is 5.92. The van der Waals surface area contributed by atoms with E-state index >= 15 is 0 Å². The molecule has 0 spiro atoms. The number of pyridine rings is 1. The molecule has 7 rings (SSSR count). The van der Waals surface area contributed by atoms with Crippen molar-refractivity contribution in [3.63, 3.8) is 0 Å². The van der Waals surface area contributed by atoms with Gasteiger partial charge in [-0.05, 0) is 66.1 Å². The quantitative estimate of drug-likeness (QED) is 0.204. The highest BCUT2D eigenvalue weighted by molar-refractivity contribution is 5.90. The summed E-state index contributed by atoms with van der Waals surface area (Å²) in [7, 11) is 4.21. The minimum Gasteiger partial charge on any atom is -0.343 e. The van der Waals surface area contributed by atoms with E-state index in [0.717, 1.165) is 61.9 Å². The van der Waals surface area contributed by atoms with Crippen molar-refractivity contribution in [1.29, 1.82) is 0 Å². The number of hydrogen-bond acceptors (Lipinski definition) is 3. The summed E-state index contributed by atoms with van der Waals surface area (Å²) in [6.45, 7) is 2.14. The van der Waals surface area contributed by atoms with Crippen LogP contribution < -0.4 is 4.90 Å². The number of hydrogen-bond donors (Lipinski definition) is 0. The number of benzene rings is 5. The third-order valence-electron chi connectivity index (χ3n) is 8.19. The lowest BCUT2D eigenvalue weighted by Crippen LogP contribution is -2.13. The van der Waals surface area contributed by atoms with Gasteiger partial charge in [0.1, 0.15) is 5.82 Å². The highest BCUT2D eigenvalue weighted by atomic mass is 15.1. The van der Waals surface area contributed by atoms with E-state index in [1.807, 2.05) is 6.07 Å². The molecule has 0 fully saturated rings. The molecule has 208 valence electrons. The molecule has 0 aliphatic rings. The van der Waals surface area contributed by atoms with Crippen LogP contribution >= 0.6 is 0 Å². The summed E-state index contributed by atoms with van der Waals surface area (Å²) >= 11 is 0.